The number of thioether (sulfide) groups is 2. The maximum absolute atomic E-state index is 13.1. The first kappa shape index (κ1) is 30.5. The summed E-state index contributed by atoms with van der Waals surface area (Å²) >= 11 is 3.07. The number of amides is 3. The van der Waals surface area contributed by atoms with Crippen molar-refractivity contribution in [3.05, 3.63) is 0 Å². The molecule has 186 valence electrons. The summed E-state index contributed by atoms with van der Waals surface area (Å²) < 4.78 is 0. The number of hydrogen-bond donors (Lipinski definition) is 5. The molecule has 6 N–H and O–H groups in total. The van der Waals surface area contributed by atoms with Crippen LogP contribution in [0.25, 0.3) is 0 Å². The number of nitrogens with two attached hydrogens (primary N) is 1. The molecule has 0 aliphatic heterocycles. The molecule has 0 aromatic rings. The van der Waals surface area contributed by atoms with Crippen LogP contribution in [0.4, 0.5) is 0 Å². The molecule has 0 saturated heterocycles. The van der Waals surface area contributed by atoms with E-state index in [1.54, 1.807) is 25.6 Å². The lowest BCUT2D eigenvalue weighted by molar-refractivity contribution is -0.142. The van der Waals surface area contributed by atoms with Crippen molar-refractivity contribution >= 4 is 47.2 Å². The molecule has 0 radical (unpaired) electrons. The predicted octanol–water partition coefficient (Wildman–Crippen LogP) is 1.06. The highest BCUT2D eigenvalue weighted by Gasteiger charge is 2.33. The Morgan fingerprint density at radius 1 is 0.844 bits per heavy atom. The molecule has 0 heterocycles. The zero-order valence-corrected chi connectivity index (χ0v) is 21.6. The van der Waals surface area contributed by atoms with Gasteiger partial charge in [0, 0.05) is 0 Å². The Hall–Kier alpha value is -1.46. The van der Waals surface area contributed by atoms with Crippen molar-refractivity contribution < 1.29 is 24.3 Å². The Bertz CT molecular complexity index is 621. The van der Waals surface area contributed by atoms with Gasteiger partial charge in [-0.3, -0.25) is 14.4 Å². The second-order valence-corrected chi connectivity index (χ2v) is 10.1. The van der Waals surface area contributed by atoms with E-state index in [-0.39, 0.29) is 18.3 Å². The Morgan fingerprint density at radius 2 is 1.34 bits per heavy atom. The van der Waals surface area contributed by atoms with Gasteiger partial charge >= 0.3 is 5.97 Å². The first-order chi connectivity index (χ1) is 15.0. The Labute approximate surface area is 200 Å². The van der Waals surface area contributed by atoms with Crippen molar-refractivity contribution in [3.8, 4) is 0 Å². The van der Waals surface area contributed by atoms with E-state index in [2.05, 4.69) is 16.0 Å². The van der Waals surface area contributed by atoms with Crippen LogP contribution in [0.1, 0.15) is 47.0 Å². The predicted molar refractivity (Wildman–Crippen MR) is 132 cm³/mol. The number of carboxylic acids is 1. The van der Waals surface area contributed by atoms with Gasteiger partial charge < -0.3 is 26.8 Å². The fourth-order valence-corrected chi connectivity index (χ4v) is 3.83. The van der Waals surface area contributed by atoms with Crippen LogP contribution < -0.4 is 21.7 Å². The van der Waals surface area contributed by atoms with Crippen molar-refractivity contribution in [2.45, 2.75) is 71.1 Å². The third-order valence-electron chi connectivity index (χ3n) is 5.24. The van der Waals surface area contributed by atoms with E-state index in [1.165, 1.54) is 11.8 Å². The van der Waals surface area contributed by atoms with Crippen LogP contribution in [0.5, 0.6) is 0 Å². The first-order valence-corrected chi connectivity index (χ1v) is 13.7. The number of carbonyl (C=O) groups is 4. The lowest BCUT2D eigenvalue weighted by Crippen LogP contribution is -2.59. The molecule has 0 aliphatic rings. The van der Waals surface area contributed by atoms with Crippen molar-refractivity contribution in [3.63, 3.8) is 0 Å². The van der Waals surface area contributed by atoms with Crippen LogP contribution in [0.3, 0.4) is 0 Å². The van der Waals surface area contributed by atoms with Gasteiger partial charge in [-0.1, -0.05) is 34.1 Å². The number of carboxylic acid groups (broad SMARTS) is 1. The third-order valence-corrected chi connectivity index (χ3v) is 6.52. The summed E-state index contributed by atoms with van der Waals surface area (Å²) in [5, 5.41) is 17.4. The molecule has 3 amide bonds. The second-order valence-electron chi connectivity index (χ2n) is 8.17. The maximum atomic E-state index is 13.1. The SMILES string of the molecule is CCC(C)C(NC(=O)C(N)CCSC)C(=O)NC(C(=O)NC(CCSC)C(=O)O)C(C)C. The van der Waals surface area contributed by atoms with Gasteiger partial charge in [0.2, 0.25) is 17.7 Å². The Balaban J connectivity index is 5.38. The van der Waals surface area contributed by atoms with Crippen LogP contribution in [-0.2, 0) is 19.2 Å². The highest BCUT2D eigenvalue weighted by atomic mass is 32.2. The number of carbonyl (C=O) groups excluding carboxylic acids is 3. The van der Waals surface area contributed by atoms with Crippen LogP contribution >= 0.6 is 23.5 Å². The van der Waals surface area contributed by atoms with Crippen LogP contribution in [0, 0.1) is 11.8 Å². The molecule has 0 rings (SSSR count). The summed E-state index contributed by atoms with van der Waals surface area (Å²) in [5.41, 5.74) is 5.94. The highest BCUT2D eigenvalue weighted by Crippen LogP contribution is 2.12. The van der Waals surface area contributed by atoms with Gasteiger partial charge in [-0.05, 0) is 48.7 Å². The van der Waals surface area contributed by atoms with E-state index >= 15 is 0 Å². The van der Waals surface area contributed by atoms with Gasteiger partial charge in [0.1, 0.15) is 18.1 Å². The van der Waals surface area contributed by atoms with Gasteiger partial charge in [0.15, 0.2) is 0 Å². The minimum atomic E-state index is -1.12. The molecule has 5 unspecified atom stereocenters. The quantitative estimate of drug-likeness (QED) is 0.215. The number of hydrogen-bond acceptors (Lipinski definition) is 7. The van der Waals surface area contributed by atoms with E-state index in [9.17, 15) is 24.3 Å². The molecule has 5 atom stereocenters. The molecule has 32 heavy (non-hydrogen) atoms. The topological polar surface area (TPSA) is 151 Å². The van der Waals surface area contributed by atoms with Crippen molar-refractivity contribution in [1.29, 1.82) is 0 Å². The molecule has 0 spiro atoms. The minimum Gasteiger partial charge on any atom is -0.480 e. The van der Waals surface area contributed by atoms with E-state index in [4.69, 9.17) is 5.73 Å². The van der Waals surface area contributed by atoms with Gasteiger partial charge in [0.25, 0.3) is 0 Å². The summed E-state index contributed by atoms with van der Waals surface area (Å²) in [6, 6.07) is -3.55. The number of rotatable bonds is 16. The zero-order valence-electron chi connectivity index (χ0n) is 20.0. The lowest BCUT2D eigenvalue weighted by Gasteiger charge is -2.29. The molecule has 0 aliphatic carbocycles. The molecule has 0 saturated carbocycles. The Morgan fingerprint density at radius 3 is 1.81 bits per heavy atom. The molecule has 0 bridgehead atoms. The zero-order chi connectivity index (χ0) is 24.8. The average Bonchev–Trinajstić information content (AvgIpc) is 2.75. The van der Waals surface area contributed by atoms with E-state index < -0.39 is 47.9 Å². The van der Waals surface area contributed by atoms with Crippen LogP contribution in [-0.4, -0.2) is 77.0 Å². The van der Waals surface area contributed by atoms with Gasteiger partial charge in [-0.2, -0.15) is 23.5 Å². The lowest BCUT2D eigenvalue weighted by atomic mass is 9.96. The third kappa shape index (κ3) is 10.9. The number of aliphatic carboxylic acids is 1. The molecular weight excluding hydrogens is 452 g/mol. The van der Waals surface area contributed by atoms with Crippen molar-refractivity contribution in [2.24, 2.45) is 17.6 Å². The summed E-state index contributed by atoms with van der Waals surface area (Å²) in [6.45, 7) is 7.26. The largest absolute Gasteiger partial charge is 0.480 e. The molecular formula is C21H40N4O5S2. The molecule has 9 nitrogen and oxygen atoms in total. The average molecular weight is 493 g/mol. The minimum absolute atomic E-state index is 0.184. The van der Waals surface area contributed by atoms with Crippen molar-refractivity contribution in [2.75, 3.05) is 24.0 Å². The second kappa shape index (κ2) is 16.2. The monoisotopic (exact) mass is 492 g/mol. The van der Waals surface area contributed by atoms with Gasteiger partial charge in [-0.15, -0.1) is 0 Å². The summed E-state index contributed by atoms with van der Waals surface area (Å²) in [6.07, 6.45) is 5.18. The maximum Gasteiger partial charge on any atom is 0.326 e. The van der Waals surface area contributed by atoms with E-state index in [1.807, 2.05) is 26.4 Å². The molecule has 11 heteroatoms. The van der Waals surface area contributed by atoms with E-state index in [0.717, 1.165) is 5.75 Å². The summed E-state index contributed by atoms with van der Waals surface area (Å²) in [7, 11) is 0. The van der Waals surface area contributed by atoms with E-state index in [0.29, 0.717) is 18.6 Å². The fraction of sp³-hybridized carbons (Fsp3) is 0.810. The summed E-state index contributed by atoms with van der Waals surface area (Å²) in [4.78, 5) is 49.8. The van der Waals surface area contributed by atoms with Crippen LogP contribution in [0.2, 0.25) is 0 Å². The Kier molecular flexibility index (Phi) is 15.5. The smallest absolute Gasteiger partial charge is 0.326 e. The van der Waals surface area contributed by atoms with Crippen molar-refractivity contribution in [1.82, 2.24) is 16.0 Å². The fourth-order valence-electron chi connectivity index (χ4n) is 2.87. The van der Waals surface area contributed by atoms with Crippen LogP contribution in [0.15, 0.2) is 0 Å². The number of nitrogens with one attached hydrogen (secondary N) is 3. The first-order valence-electron chi connectivity index (χ1n) is 10.9. The van der Waals surface area contributed by atoms with Gasteiger partial charge in [-0.25, -0.2) is 4.79 Å². The molecule has 0 aromatic carbocycles. The van der Waals surface area contributed by atoms with Gasteiger partial charge in [0.05, 0.1) is 6.04 Å². The summed E-state index contributed by atoms with van der Waals surface area (Å²) in [5.74, 6) is -1.75. The normalized spacial score (nSPS) is 15.9. The highest BCUT2D eigenvalue weighted by molar-refractivity contribution is 7.98. The molecule has 0 aromatic heterocycles. The standard InChI is InChI=1S/C21H40N4O5S2/c1-7-13(4)17(25-18(26)14(22)8-10-31-5)20(28)24-16(12(2)3)19(27)23-15(21(29)30)9-11-32-6/h12-17H,7-11,22H2,1-6H3,(H,23,27)(H,24,28)(H,25,26)(H,29,30). The molecule has 0 fully saturated rings.